The van der Waals surface area contributed by atoms with Crippen LogP contribution in [0.25, 0.3) is 11.1 Å². The molecule has 6 heteroatoms. The lowest BCUT2D eigenvalue weighted by molar-refractivity contribution is -0.117. The van der Waals surface area contributed by atoms with Crippen molar-refractivity contribution in [2.45, 2.75) is 62.0 Å². The van der Waals surface area contributed by atoms with Crippen LogP contribution in [-0.4, -0.2) is 34.4 Å². The van der Waals surface area contributed by atoms with E-state index in [0.717, 1.165) is 83.8 Å². The van der Waals surface area contributed by atoms with E-state index < -0.39 is 5.82 Å². The number of carbonyl (C=O) groups is 1. The topological polar surface area (TPSA) is 61.7 Å². The maximum atomic E-state index is 15.2. The average Bonchev–Trinajstić information content (AvgIpc) is 3.50. The molecular weight excluding hydrogens is 471 g/mol. The van der Waals surface area contributed by atoms with E-state index in [1.54, 1.807) is 11.8 Å². The lowest BCUT2D eigenvalue weighted by Gasteiger charge is -2.57. The van der Waals surface area contributed by atoms with E-state index in [1.165, 1.54) is 25.3 Å². The van der Waals surface area contributed by atoms with Crippen LogP contribution in [0.1, 0.15) is 56.1 Å². The highest BCUT2D eigenvalue weighted by Gasteiger charge is 2.52. The summed E-state index contributed by atoms with van der Waals surface area (Å²) in [5.41, 5.74) is 3.56. The van der Waals surface area contributed by atoms with Gasteiger partial charge in [0.05, 0.1) is 10.3 Å². The summed E-state index contributed by atoms with van der Waals surface area (Å²) in [6.07, 6.45) is 8.83. The first-order valence-electron chi connectivity index (χ1n) is 13.6. The van der Waals surface area contributed by atoms with Crippen molar-refractivity contribution in [2.24, 2.45) is 28.7 Å². The van der Waals surface area contributed by atoms with Crippen molar-refractivity contribution in [1.29, 1.82) is 0 Å². The Morgan fingerprint density at radius 3 is 2.50 bits per heavy atom. The zero-order valence-corrected chi connectivity index (χ0v) is 21.3. The fourth-order valence-corrected chi connectivity index (χ4v) is 9.54. The van der Waals surface area contributed by atoms with Gasteiger partial charge in [-0.1, -0.05) is 36.0 Å². The molecule has 188 valence electrons. The number of benzene rings is 2. The number of hydrogen-bond donors (Lipinski definition) is 2. The Balaban J connectivity index is 1.16. The number of hydrogen-bond acceptors (Lipinski definition) is 4. The summed E-state index contributed by atoms with van der Waals surface area (Å²) in [6, 6.07) is 11.7. The van der Waals surface area contributed by atoms with Gasteiger partial charge in [-0.15, -0.1) is 0 Å². The molecule has 0 spiro atoms. The average molecular weight is 505 g/mol. The molecule has 2 aromatic carbocycles. The minimum absolute atomic E-state index is 0.0351. The van der Waals surface area contributed by atoms with Crippen LogP contribution < -0.4 is 5.32 Å². The lowest BCUT2D eigenvalue weighted by atomic mass is 9.48. The predicted octanol–water partition coefficient (Wildman–Crippen LogP) is 5.86. The number of rotatable bonds is 5. The second-order valence-electron chi connectivity index (χ2n) is 12.0. The van der Waals surface area contributed by atoms with E-state index in [-0.39, 0.29) is 22.3 Å². The molecule has 8 rings (SSSR count). The number of phenolic OH excluding ortho intramolecular Hbond substituents is 1. The van der Waals surface area contributed by atoms with Crippen molar-refractivity contribution in [3.63, 3.8) is 0 Å². The minimum atomic E-state index is -0.520. The van der Waals surface area contributed by atoms with E-state index in [4.69, 9.17) is 0 Å². The maximum absolute atomic E-state index is 15.2. The number of nitrogens with zero attached hydrogens (tertiary/aromatic N) is 1. The van der Waals surface area contributed by atoms with Gasteiger partial charge in [-0.3, -0.25) is 4.79 Å². The molecule has 2 heterocycles. The quantitative estimate of drug-likeness (QED) is 0.536. The second-order valence-corrected chi connectivity index (χ2v) is 13.3. The van der Waals surface area contributed by atoms with Crippen molar-refractivity contribution in [3.05, 3.63) is 53.3 Å². The highest BCUT2D eigenvalue weighted by Crippen LogP contribution is 2.62. The van der Waals surface area contributed by atoms with Crippen LogP contribution in [0.3, 0.4) is 0 Å². The van der Waals surface area contributed by atoms with E-state index in [9.17, 15) is 9.90 Å². The van der Waals surface area contributed by atoms with Crippen molar-refractivity contribution in [2.75, 3.05) is 13.1 Å². The first kappa shape index (κ1) is 23.0. The first-order valence-corrected chi connectivity index (χ1v) is 14.5. The number of aromatic hydroxyl groups is 1. The third-order valence-electron chi connectivity index (χ3n) is 9.52. The minimum Gasteiger partial charge on any atom is -0.505 e. The third-order valence-corrected chi connectivity index (χ3v) is 10.8. The molecule has 0 radical (unpaired) electrons. The standard InChI is InChI=1S/C30H33FN2O2S/c31-25-12-23(11-24(27(25)34)30-13-18-6-19(14-30)8-20(7-18)15-30)21-3-1-2-17(9-21)10-26-28(35)33-29(36-26)22-4-5-32-16-22/h1-3,9,11-12,18-20,22,26,32,34H,4-8,10,13-16H2. The van der Waals surface area contributed by atoms with Gasteiger partial charge in [0.2, 0.25) is 0 Å². The van der Waals surface area contributed by atoms with Crippen LogP contribution in [0.5, 0.6) is 5.75 Å². The van der Waals surface area contributed by atoms with Gasteiger partial charge in [0.1, 0.15) is 0 Å². The Labute approximate surface area is 216 Å². The van der Waals surface area contributed by atoms with Gasteiger partial charge < -0.3 is 10.4 Å². The molecule has 2 aromatic rings. The van der Waals surface area contributed by atoms with E-state index in [0.29, 0.717) is 12.3 Å². The summed E-state index contributed by atoms with van der Waals surface area (Å²) in [5.74, 6) is 1.83. The van der Waals surface area contributed by atoms with E-state index >= 15 is 4.39 Å². The predicted molar refractivity (Wildman–Crippen MR) is 142 cm³/mol. The highest BCUT2D eigenvalue weighted by atomic mass is 32.2. The van der Waals surface area contributed by atoms with Crippen LogP contribution in [-0.2, 0) is 16.6 Å². The van der Waals surface area contributed by atoms with Crippen molar-refractivity contribution in [1.82, 2.24) is 5.32 Å². The Hall–Kier alpha value is -2.18. The zero-order chi connectivity index (χ0) is 24.4. The van der Waals surface area contributed by atoms with Crippen LogP contribution in [0.15, 0.2) is 41.4 Å². The van der Waals surface area contributed by atoms with E-state index in [1.807, 2.05) is 18.2 Å². The summed E-state index contributed by atoms with van der Waals surface area (Å²) in [5, 5.41) is 15.0. The van der Waals surface area contributed by atoms with Gasteiger partial charge in [0.15, 0.2) is 11.6 Å². The van der Waals surface area contributed by atoms with Gasteiger partial charge in [0.25, 0.3) is 5.91 Å². The number of carbonyl (C=O) groups excluding carboxylic acids is 1. The molecule has 2 atom stereocenters. The Kier molecular flexibility index (Phi) is 5.55. The molecule has 2 unspecified atom stereocenters. The zero-order valence-electron chi connectivity index (χ0n) is 20.5. The van der Waals surface area contributed by atoms with Gasteiger partial charge in [-0.25, -0.2) is 9.38 Å². The molecule has 4 aliphatic carbocycles. The molecule has 2 N–H and O–H groups in total. The lowest BCUT2D eigenvalue weighted by Crippen LogP contribution is -2.48. The van der Waals surface area contributed by atoms with E-state index in [2.05, 4.69) is 22.4 Å². The fraction of sp³-hybridized carbons (Fsp3) is 0.533. The van der Waals surface area contributed by atoms with Crippen LogP contribution in [0.4, 0.5) is 4.39 Å². The van der Waals surface area contributed by atoms with Gasteiger partial charge in [-0.2, -0.15) is 0 Å². The largest absolute Gasteiger partial charge is 0.505 e. The van der Waals surface area contributed by atoms with Gasteiger partial charge in [-0.05, 0) is 110 Å². The summed E-state index contributed by atoms with van der Waals surface area (Å²) < 4.78 is 15.2. The van der Waals surface area contributed by atoms with Crippen molar-refractivity contribution in [3.8, 4) is 16.9 Å². The number of amides is 1. The van der Waals surface area contributed by atoms with Crippen LogP contribution >= 0.6 is 11.8 Å². The van der Waals surface area contributed by atoms with Gasteiger partial charge >= 0.3 is 0 Å². The summed E-state index contributed by atoms with van der Waals surface area (Å²) in [7, 11) is 0. The van der Waals surface area contributed by atoms with Crippen LogP contribution in [0, 0.1) is 29.5 Å². The maximum Gasteiger partial charge on any atom is 0.260 e. The van der Waals surface area contributed by atoms with Crippen molar-refractivity contribution < 1.29 is 14.3 Å². The molecule has 4 bridgehead atoms. The molecule has 4 saturated carbocycles. The first-order chi connectivity index (χ1) is 17.5. The van der Waals surface area contributed by atoms with Crippen molar-refractivity contribution >= 4 is 22.7 Å². The Morgan fingerprint density at radius 2 is 1.81 bits per heavy atom. The molecule has 1 saturated heterocycles. The number of aliphatic imine (C=N–C) groups is 1. The summed E-state index contributed by atoms with van der Waals surface area (Å²) in [4.78, 5) is 17.0. The Bertz CT molecular complexity index is 1220. The number of halogens is 1. The molecule has 5 fully saturated rings. The smallest absolute Gasteiger partial charge is 0.260 e. The van der Waals surface area contributed by atoms with Crippen LogP contribution in [0.2, 0.25) is 0 Å². The molecule has 36 heavy (non-hydrogen) atoms. The number of thioether (sulfide) groups is 1. The molecule has 1 amide bonds. The number of nitrogens with one attached hydrogen (secondary N) is 1. The molecule has 6 aliphatic rings. The number of phenols is 1. The fourth-order valence-electron chi connectivity index (χ4n) is 8.29. The monoisotopic (exact) mass is 504 g/mol. The molecule has 0 aromatic heterocycles. The molecule has 4 nitrogen and oxygen atoms in total. The normalized spacial score (nSPS) is 35.0. The second kappa shape index (κ2) is 8.70. The SMILES string of the molecule is O=C1N=C(C2CCNC2)SC1Cc1cccc(-c2cc(F)c(O)c(C34CC5CC(CC(C5)C3)C4)c2)c1. The highest BCUT2D eigenvalue weighted by molar-refractivity contribution is 8.15. The third kappa shape index (κ3) is 3.92. The summed E-state index contributed by atoms with van der Waals surface area (Å²) >= 11 is 1.62. The Morgan fingerprint density at radius 1 is 1.06 bits per heavy atom. The van der Waals surface area contributed by atoms with Gasteiger partial charge in [0, 0.05) is 18.0 Å². The molecule has 2 aliphatic heterocycles. The molecular formula is C30H33FN2O2S. The summed E-state index contributed by atoms with van der Waals surface area (Å²) in [6.45, 7) is 1.89.